The summed E-state index contributed by atoms with van der Waals surface area (Å²) in [5, 5.41) is 0. The van der Waals surface area contributed by atoms with Crippen molar-refractivity contribution in [1.82, 2.24) is 9.80 Å². The number of nitrogens with zero attached hydrogens (tertiary/aromatic N) is 2. The summed E-state index contributed by atoms with van der Waals surface area (Å²) in [4.78, 5) is 16.2. The van der Waals surface area contributed by atoms with Crippen LogP contribution in [0.4, 0.5) is 4.79 Å². The van der Waals surface area contributed by atoms with Crippen LogP contribution in [0.25, 0.3) is 0 Å². The molecule has 3 nitrogen and oxygen atoms in total. The zero-order chi connectivity index (χ0) is 11.5. The van der Waals surface area contributed by atoms with Crippen LogP contribution in [0, 0.1) is 5.92 Å². The van der Waals surface area contributed by atoms with E-state index in [0.29, 0.717) is 6.04 Å². The molecule has 1 atom stereocenters. The minimum Gasteiger partial charge on any atom is -0.325 e. The summed E-state index contributed by atoms with van der Waals surface area (Å²) < 4.78 is 0. The third-order valence-electron chi connectivity index (χ3n) is 3.81. The van der Waals surface area contributed by atoms with Crippen molar-refractivity contribution in [2.24, 2.45) is 5.92 Å². The molecule has 0 N–H and O–H groups in total. The molecule has 0 saturated carbocycles. The summed E-state index contributed by atoms with van der Waals surface area (Å²) in [6.45, 7) is 4.17. The zero-order valence-electron chi connectivity index (χ0n) is 10.3. The van der Waals surface area contributed by atoms with Crippen LogP contribution in [0.15, 0.2) is 0 Å². The van der Waals surface area contributed by atoms with E-state index < -0.39 is 0 Å². The molecule has 2 amide bonds. The quantitative estimate of drug-likeness (QED) is 0.704. The summed E-state index contributed by atoms with van der Waals surface area (Å²) >= 11 is 1.96. The molecule has 16 heavy (non-hydrogen) atoms. The molecule has 0 aromatic carbocycles. The Kier molecular flexibility index (Phi) is 4.00. The monoisotopic (exact) mass is 242 g/mol. The summed E-state index contributed by atoms with van der Waals surface area (Å²) in [5.74, 6) is 3.11. The SMILES string of the molecule is CC1CCN(C(=O)N(C)C2CCSC2)CC1. The van der Waals surface area contributed by atoms with E-state index in [1.54, 1.807) is 0 Å². The number of carbonyl (C=O) groups excluding carboxylic acids is 1. The molecule has 0 aliphatic carbocycles. The summed E-state index contributed by atoms with van der Waals surface area (Å²) in [6.07, 6.45) is 3.50. The van der Waals surface area contributed by atoms with Crippen LogP contribution in [0.5, 0.6) is 0 Å². The highest BCUT2D eigenvalue weighted by molar-refractivity contribution is 7.99. The van der Waals surface area contributed by atoms with Crippen molar-refractivity contribution in [3.63, 3.8) is 0 Å². The summed E-state index contributed by atoms with van der Waals surface area (Å²) in [5.41, 5.74) is 0. The minimum absolute atomic E-state index is 0.249. The molecule has 2 heterocycles. The van der Waals surface area contributed by atoms with Crippen molar-refractivity contribution in [2.75, 3.05) is 31.6 Å². The Balaban J connectivity index is 1.86. The molecular formula is C12H22N2OS. The van der Waals surface area contributed by atoms with Crippen molar-refractivity contribution in [2.45, 2.75) is 32.2 Å². The van der Waals surface area contributed by atoms with Gasteiger partial charge in [0, 0.05) is 31.9 Å². The van der Waals surface area contributed by atoms with Crippen molar-refractivity contribution in [1.29, 1.82) is 0 Å². The van der Waals surface area contributed by atoms with Crippen LogP contribution in [-0.4, -0.2) is 53.5 Å². The number of urea groups is 1. The van der Waals surface area contributed by atoms with Gasteiger partial charge in [0.1, 0.15) is 0 Å². The lowest BCUT2D eigenvalue weighted by Crippen LogP contribution is -2.48. The van der Waals surface area contributed by atoms with E-state index in [-0.39, 0.29) is 6.03 Å². The maximum atomic E-state index is 12.2. The highest BCUT2D eigenvalue weighted by atomic mass is 32.2. The first-order chi connectivity index (χ1) is 7.68. The van der Waals surface area contributed by atoms with Crippen LogP contribution < -0.4 is 0 Å². The maximum Gasteiger partial charge on any atom is 0.320 e. The van der Waals surface area contributed by atoms with Crippen LogP contribution in [0.3, 0.4) is 0 Å². The Labute approximate surface area is 103 Å². The number of amides is 2. The second kappa shape index (κ2) is 5.30. The van der Waals surface area contributed by atoms with Gasteiger partial charge in [-0.3, -0.25) is 0 Å². The van der Waals surface area contributed by atoms with Crippen LogP contribution in [0.2, 0.25) is 0 Å². The van der Waals surface area contributed by atoms with E-state index in [1.165, 1.54) is 18.6 Å². The molecule has 0 bridgehead atoms. The number of hydrogen-bond donors (Lipinski definition) is 0. The van der Waals surface area contributed by atoms with Gasteiger partial charge in [-0.2, -0.15) is 11.8 Å². The van der Waals surface area contributed by atoms with Gasteiger partial charge >= 0.3 is 6.03 Å². The van der Waals surface area contributed by atoms with Gasteiger partial charge in [-0.1, -0.05) is 6.92 Å². The van der Waals surface area contributed by atoms with Gasteiger partial charge in [-0.25, -0.2) is 4.79 Å². The normalized spacial score (nSPS) is 27.1. The lowest BCUT2D eigenvalue weighted by Gasteiger charge is -2.35. The smallest absolute Gasteiger partial charge is 0.320 e. The molecule has 4 heteroatoms. The van der Waals surface area contributed by atoms with E-state index in [2.05, 4.69) is 6.92 Å². The van der Waals surface area contributed by atoms with Crippen molar-refractivity contribution >= 4 is 17.8 Å². The first-order valence-corrected chi connectivity index (χ1v) is 7.43. The van der Waals surface area contributed by atoms with Gasteiger partial charge < -0.3 is 9.80 Å². The fourth-order valence-corrected chi connectivity index (χ4v) is 3.67. The Morgan fingerprint density at radius 1 is 1.31 bits per heavy atom. The Bertz CT molecular complexity index is 245. The number of carbonyl (C=O) groups is 1. The van der Waals surface area contributed by atoms with Crippen molar-refractivity contribution in [3.05, 3.63) is 0 Å². The lowest BCUT2D eigenvalue weighted by molar-refractivity contribution is 0.133. The Morgan fingerprint density at radius 2 is 2.00 bits per heavy atom. The molecule has 2 fully saturated rings. The van der Waals surface area contributed by atoms with Gasteiger partial charge in [0.05, 0.1) is 0 Å². The molecule has 0 spiro atoms. The third-order valence-corrected chi connectivity index (χ3v) is 4.95. The first-order valence-electron chi connectivity index (χ1n) is 6.28. The lowest BCUT2D eigenvalue weighted by atomic mass is 9.99. The molecule has 2 aliphatic rings. The standard InChI is InChI=1S/C12H22N2OS/c1-10-3-6-14(7-4-10)12(15)13(2)11-5-8-16-9-11/h10-11H,3-9H2,1-2H3. The average Bonchev–Trinajstić information content (AvgIpc) is 2.81. The summed E-state index contributed by atoms with van der Waals surface area (Å²) in [6, 6.07) is 0.719. The maximum absolute atomic E-state index is 12.2. The molecule has 1 unspecified atom stereocenters. The number of rotatable bonds is 1. The molecular weight excluding hydrogens is 220 g/mol. The molecule has 2 saturated heterocycles. The molecule has 2 rings (SSSR count). The minimum atomic E-state index is 0.249. The van der Waals surface area contributed by atoms with Gasteiger partial charge in [-0.05, 0) is 30.9 Å². The Morgan fingerprint density at radius 3 is 2.56 bits per heavy atom. The Hall–Kier alpha value is -0.380. The zero-order valence-corrected chi connectivity index (χ0v) is 11.1. The molecule has 0 aromatic heterocycles. The van der Waals surface area contributed by atoms with E-state index in [9.17, 15) is 4.79 Å². The van der Waals surface area contributed by atoms with E-state index in [1.807, 2.05) is 28.6 Å². The second-order valence-corrected chi connectivity index (χ2v) is 6.23. The fraction of sp³-hybridized carbons (Fsp3) is 0.917. The first kappa shape index (κ1) is 12.1. The molecule has 2 aliphatic heterocycles. The largest absolute Gasteiger partial charge is 0.325 e. The molecule has 0 radical (unpaired) electrons. The predicted molar refractivity (Wildman–Crippen MR) is 68.9 cm³/mol. The van der Waals surface area contributed by atoms with Crippen LogP contribution >= 0.6 is 11.8 Å². The van der Waals surface area contributed by atoms with Crippen LogP contribution in [0.1, 0.15) is 26.2 Å². The van der Waals surface area contributed by atoms with Gasteiger partial charge in [0.25, 0.3) is 0 Å². The fourth-order valence-electron chi connectivity index (χ4n) is 2.41. The van der Waals surface area contributed by atoms with Crippen molar-refractivity contribution in [3.8, 4) is 0 Å². The number of hydrogen-bond acceptors (Lipinski definition) is 2. The number of thioether (sulfide) groups is 1. The van der Waals surface area contributed by atoms with Gasteiger partial charge in [0.15, 0.2) is 0 Å². The molecule has 92 valence electrons. The highest BCUT2D eigenvalue weighted by Crippen LogP contribution is 2.23. The third kappa shape index (κ3) is 2.65. The van der Waals surface area contributed by atoms with Crippen molar-refractivity contribution < 1.29 is 4.79 Å². The van der Waals surface area contributed by atoms with Gasteiger partial charge in [0.2, 0.25) is 0 Å². The van der Waals surface area contributed by atoms with Crippen LogP contribution in [-0.2, 0) is 0 Å². The predicted octanol–water partition coefficient (Wildman–Crippen LogP) is 2.28. The highest BCUT2D eigenvalue weighted by Gasteiger charge is 2.28. The average molecular weight is 242 g/mol. The second-order valence-electron chi connectivity index (χ2n) is 5.08. The van der Waals surface area contributed by atoms with E-state index in [0.717, 1.165) is 31.2 Å². The number of piperidine rings is 1. The van der Waals surface area contributed by atoms with E-state index >= 15 is 0 Å². The van der Waals surface area contributed by atoms with E-state index in [4.69, 9.17) is 0 Å². The summed E-state index contributed by atoms with van der Waals surface area (Å²) in [7, 11) is 1.97. The number of likely N-dealkylation sites (tertiary alicyclic amines) is 1. The molecule has 0 aromatic rings. The topological polar surface area (TPSA) is 23.6 Å². The van der Waals surface area contributed by atoms with Gasteiger partial charge in [-0.15, -0.1) is 0 Å².